The molecule has 33 heavy (non-hydrogen) atoms. The van der Waals surface area contributed by atoms with Crippen LogP contribution in [-0.2, 0) is 14.8 Å². The van der Waals surface area contributed by atoms with Gasteiger partial charge in [0.15, 0.2) is 11.0 Å². The van der Waals surface area contributed by atoms with E-state index in [0.29, 0.717) is 5.69 Å². The minimum Gasteiger partial charge on any atom is -1.00 e. The summed E-state index contributed by atoms with van der Waals surface area (Å²) in [6, 6.07) is 16.5. The van der Waals surface area contributed by atoms with E-state index in [2.05, 4.69) is 25.0 Å². The number of carbonyl (C=O) groups excluding carboxylic acids is 1. The molecule has 0 atom stereocenters. The molecule has 4 rings (SSSR count). The first-order valence-corrected chi connectivity index (χ1v) is 12.0. The van der Waals surface area contributed by atoms with Crippen LogP contribution in [0.25, 0.3) is 11.0 Å². The van der Waals surface area contributed by atoms with E-state index in [-0.39, 0.29) is 34.8 Å². The molecule has 0 aliphatic carbocycles. The summed E-state index contributed by atoms with van der Waals surface area (Å²) in [6.45, 7) is 0. The van der Waals surface area contributed by atoms with E-state index >= 15 is 0 Å². The molecule has 12 heteroatoms. The Balaban J connectivity index is 0.00000306. The van der Waals surface area contributed by atoms with Crippen LogP contribution in [0.5, 0.6) is 5.75 Å². The first kappa shape index (κ1) is 24.4. The average Bonchev–Trinajstić information content (AvgIpc) is 3.20. The number of halogens is 1. The van der Waals surface area contributed by atoms with Crippen molar-refractivity contribution in [2.24, 2.45) is 0 Å². The number of pyridine rings is 1. The fourth-order valence-corrected chi connectivity index (χ4v) is 4.60. The van der Waals surface area contributed by atoms with Gasteiger partial charge < -0.3 is 22.5 Å². The number of amides is 1. The number of methoxy groups -OCH3 is 1. The summed E-state index contributed by atoms with van der Waals surface area (Å²) in [4.78, 5) is 22.7. The third kappa shape index (κ3) is 6.15. The molecular formula is C21H20ClN5O4S2. The quantitative estimate of drug-likeness (QED) is 0.287. The second kappa shape index (κ2) is 10.6. The number of nitrogens with zero attached hydrogens (tertiary/aromatic N) is 1. The van der Waals surface area contributed by atoms with Crippen molar-refractivity contribution in [2.75, 3.05) is 22.9 Å². The number of nitrogens with one attached hydrogen (secondary N) is 4. The third-order valence-electron chi connectivity index (χ3n) is 4.42. The molecule has 2 aromatic heterocycles. The van der Waals surface area contributed by atoms with E-state index < -0.39 is 10.0 Å². The Bertz CT molecular complexity index is 1350. The van der Waals surface area contributed by atoms with Crippen LogP contribution in [0.4, 0.5) is 11.5 Å². The maximum absolute atomic E-state index is 12.5. The van der Waals surface area contributed by atoms with Crippen molar-refractivity contribution in [2.45, 2.75) is 10.1 Å². The number of hydrogen-bond donors (Lipinski definition) is 3. The van der Waals surface area contributed by atoms with Gasteiger partial charge in [0.2, 0.25) is 5.91 Å². The van der Waals surface area contributed by atoms with Gasteiger partial charge in [0.1, 0.15) is 11.6 Å². The van der Waals surface area contributed by atoms with Crippen LogP contribution in [0.3, 0.4) is 0 Å². The number of aromatic amines is 2. The van der Waals surface area contributed by atoms with Crippen molar-refractivity contribution in [3.8, 4) is 5.75 Å². The number of carbonyl (C=O) groups is 1. The Labute approximate surface area is 200 Å². The summed E-state index contributed by atoms with van der Waals surface area (Å²) in [6.07, 6.45) is 1.50. The van der Waals surface area contributed by atoms with Gasteiger partial charge in [0.05, 0.1) is 17.8 Å². The standard InChI is InChI=1S/C21H19N5O4S2.ClH/c1-30-15-7-10-17-18(12-15)25-21(24-17)31-13-20(27)23-14-5-8-16(9-6-14)32(28,29)26-19-4-2-3-11-22-19;/h2-12H,13H2,1H3,(H,22,26)(H,23,27)(H,24,25);1H. The van der Waals surface area contributed by atoms with Gasteiger partial charge in [-0.2, -0.15) is 0 Å². The van der Waals surface area contributed by atoms with E-state index in [9.17, 15) is 13.2 Å². The molecule has 4 aromatic rings. The Hall–Kier alpha value is -3.28. The number of aromatic nitrogens is 3. The largest absolute Gasteiger partial charge is 1.00 e. The SMILES string of the molecule is COc1ccc2[nH+]c(SCC(=O)Nc3ccc(S(=O)(=O)Nc4ccccn4)cc3)[nH]c2c1.[Cl-]. The zero-order chi connectivity index (χ0) is 22.6. The number of fused-ring (bicyclic) bond motifs is 1. The van der Waals surface area contributed by atoms with E-state index in [1.807, 2.05) is 18.2 Å². The number of imidazole rings is 1. The molecule has 0 spiro atoms. The van der Waals surface area contributed by atoms with E-state index in [0.717, 1.165) is 21.9 Å². The number of thioether (sulfide) groups is 1. The molecule has 9 nitrogen and oxygen atoms in total. The molecule has 1 amide bonds. The Kier molecular flexibility index (Phi) is 7.79. The van der Waals surface area contributed by atoms with Gasteiger partial charge in [-0.3, -0.25) is 9.52 Å². The zero-order valence-corrected chi connectivity index (χ0v) is 19.7. The number of ether oxygens (including phenoxy) is 1. The minimum atomic E-state index is -3.77. The van der Waals surface area contributed by atoms with Gasteiger partial charge in [0.25, 0.3) is 10.0 Å². The molecule has 172 valence electrons. The second-order valence-electron chi connectivity index (χ2n) is 6.67. The lowest BCUT2D eigenvalue weighted by atomic mass is 10.3. The summed E-state index contributed by atoms with van der Waals surface area (Å²) < 4.78 is 32.5. The van der Waals surface area contributed by atoms with Crippen molar-refractivity contribution < 1.29 is 35.3 Å². The van der Waals surface area contributed by atoms with Crippen LogP contribution < -0.4 is 32.2 Å². The minimum absolute atomic E-state index is 0. The number of anilines is 2. The number of H-pyrrole nitrogens is 2. The monoisotopic (exact) mass is 505 g/mol. The van der Waals surface area contributed by atoms with Gasteiger partial charge in [-0.25, -0.2) is 23.4 Å². The molecule has 0 aliphatic heterocycles. The van der Waals surface area contributed by atoms with Crippen molar-refractivity contribution in [3.63, 3.8) is 0 Å². The summed E-state index contributed by atoms with van der Waals surface area (Å²) in [5.74, 6) is 0.917. The smallest absolute Gasteiger partial charge is 0.315 e. The first-order chi connectivity index (χ1) is 15.4. The number of hydrogen-bond acceptors (Lipinski definition) is 6. The van der Waals surface area contributed by atoms with Gasteiger partial charge in [-0.15, -0.1) is 0 Å². The summed E-state index contributed by atoms with van der Waals surface area (Å²) in [5.41, 5.74) is 2.28. The van der Waals surface area contributed by atoms with Gasteiger partial charge >= 0.3 is 5.16 Å². The van der Waals surface area contributed by atoms with Crippen molar-refractivity contribution in [1.29, 1.82) is 0 Å². The number of rotatable bonds is 8. The summed E-state index contributed by atoms with van der Waals surface area (Å²) in [7, 11) is -2.17. The third-order valence-corrected chi connectivity index (χ3v) is 6.69. The molecule has 2 heterocycles. The maximum atomic E-state index is 12.5. The fraction of sp³-hybridized carbons (Fsp3) is 0.0952. The highest BCUT2D eigenvalue weighted by atomic mass is 35.5. The number of benzene rings is 2. The molecule has 0 saturated heterocycles. The van der Waals surface area contributed by atoms with Crippen molar-refractivity contribution in [1.82, 2.24) is 9.97 Å². The highest BCUT2D eigenvalue weighted by Crippen LogP contribution is 2.21. The molecule has 0 unspecified atom stereocenters. The van der Waals surface area contributed by atoms with E-state index in [1.165, 1.54) is 42.2 Å². The first-order valence-electron chi connectivity index (χ1n) is 9.48. The Morgan fingerprint density at radius 3 is 2.64 bits per heavy atom. The van der Waals surface area contributed by atoms with Crippen LogP contribution in [0.15, 0.2) is 76.9 Å². The normalized spacial score (nSPS) is 10.9. The van der Waals surface area contributed by atoms with Crippen LogP contribution in [-0.4, -0.2) is 37.2 Å². The lowest BCUT2D eigenvalue weighted by molar-refractivity contribution is -0.396. The van der Waals surface area contributed by atoms with Crippen molar-refractivity contribution >= 4 is 50.2 Å². The molecule has 0 saturated carbocycles. The van der Waals surface area contributed by atoms with E-state index in [1.54, 1.807) is 25.3 Å². The molecule has 0 bridgehead atoms. The number of sulfonamides is 1. The van der Waals surface area contributed by atoms with Crippen LogP contribution in [0.1, 0.15) is 0 Å². The fourth-order valence-electron chi connectivity index (χ4n) is 2.88. The molecule has 0 radical (unpaired) electrons. The summed E-state index contributed by atoms with van der Waals surface area (Å²) in [5, 5.41) is 3.50. The highest BCUT2D eigenvalue weighted by Gasteiger charge is 2.16. The molecular weight excluding hydrogens is 486 g/mol. The van der Waals surface area contributed by atoms with Gasteiger partial charge in [-0.1, -0.05) is 6.07 Å². The average molecular weight is 506 g/mol. The van der Waals surface area contributed by atoms with Crippen LogP contribution in [0, 0.1) is 0 Å². The molecule has 0 aliphatic rings. The maximum Gasteiger partial charge on any atom is 0.315 e. The van der Waals surface area contributed by atoms with Crippen LogP contribution >= 0.6 is 11.8 Å². The van der Waals surface area contributed by atoms with Crippen LogP contribution in [0.2, 0.25) is 0 Å². The summed E-state index contributed by atoms with van der Waals surface area (Å²) >= 11 is 1.32. The zero-order valence-electron chi connectivity index (χ0n) is 17.3. The van der Waals surface area contributed by atoms with Gasteiger partial charge in [0, 0.05) is 18.0 Å². The van der Waals surface area contributed by atoms with E-state index in [4.69, 9.17) is 4.74 Å². The second-order valence-corrected chi connectivity index (χ2v) is 9.34. The molecule has 2 aromatic carbocycles. The molecule has 0 fully saturated rings. The van der Waals surface area contributed by atoms with Crippen molar-refractivity contribution in [3.05, 3.63) is 66.9 Å². The highest BCUT2D eigenvalue weighted by molar-refractivity contribution is 7.99. The van der Waals surface area contributed by atoms with Gasteiger partial charge in [-0.05, 0) is 60.3 Å². The lowest BCUT2D eigenvalue weighted by Gasteiger charge is -2.08. The Morgan fingerprint density at radius 2 is 1.94 bits per heavy atom. The topological polar surface area (TPSA) is 127 Å². The lowest BCUT2D eigenvalue weighted by Crippen LogP contribution is -3.00. The molecule has 4 N–H and O–H groups in total. The predicted octanol–water partition coefficient (Wildman–Crippen LogP) is -0.0788. The Morgan fingerprint density at radius 1 is 1.15 bits per heavy atom. The predicted molar refractivity (Wildman–Crippen MR) is 122 cm³/mol.